The highest BCUT2D eigenvalue weighted by Gasteiger charge is 2.23. The van der Waals surface area contributed by atoms with Crippen LogP contribution in [0.3, 0.4) is 0 Å². The van der Waals surface area contributed by atoms with Gasteiger partial charge in [-0.25, -0.2) is 0 Å². The minimum atomic E-state index is 0.173. The van der Waals surface area contributed by atoms with Gasteiger partial charge in [0.2, 0.25) is 5.91 Å². The third-order valence-electron chi connectivity index (χ3n) is 4.63. The molecule has 132 valence electrons. The zero-order valence-corrected chi connectivity index (χ0v) is 14.7. The van der Waals surface area contributed by atoms with Gasteiger partial charge in [0.05, 0.1) is 7.11 Å². The van der Waals surface area contributed by atoms with Crippen molar-refractivity contribution < 1.29 is 14.3 Å². The maximum absolute atomic E-state index is 12.4. The van der Waals surface area contributed by atoms with Crippen molar-refractivity contribution in [2.45, 2.75) is 31.8 Å². The van der Waals surface area contributed by atoms with Crippen LogP contribution in [-0.4, -0.2) is 37.1 Å². The zero-order chi connectivity index (χ0) is 17.5. The lowest BCUT2D eigenvalue weighted by Crippen LogP contribution is -2.41. The van der Waals surface area contributed by atoms with Gasteiger partial charge in [-0.2, -0.15) is 0 Å². The summed E-state index contributed by atoms with van der Waals surface area (Å²) in [6, 6.07) is 17.8. The molecule has 0 unspecified atom stereocenters. The van der Waals surface area contributed by atoms with Crippen molar-refractivity contribution in [3.05, 3.63) is 60.2 Å². The predicted octanol–water partition coefficient (Wildman–Crippen LogP) is 3.70. The van der Waals surface area contributed by atoms with Crippen LogP contribution in [0, 0.1) is 0 Å². The number of amides is 1. The van der Waals surface area contributed by atoms with Gasteiger partial charge in [-0.1, -0.05) is 30.3 Å². The van der Waals surface area contributed by atoms with Gasteiger partial charge in [-0.3, -0.25) is 4.79 Å². The Morgan fingerprint density at radius 2 is 1.64 bits per heavy atom. The topological polar surface area (TPSA) is 38.8 Å². The van der Waals surface area contributed by atoms with Crippen LogP contribution in [0.15, 0.2) is 54.6 Å². The zero-order valence-electron chi connectivity index (χ0n) is 14.7. The Morgan fingerprint density at radius 3 is 2.28 bits per heavy atom. The molecule has 0 N–H and O–H groups in total. The normalized spacial score (nSPS) is 15.0. The average Bonchev–Trinajstić information content (AvgIpc) is 2.68. The summed E-state index contributed by atoms with van der Waals surface area (Å²) in [6.07, 6.45) is 3.31. The van der Waals surface area contributed by atoms with Gasteiger partial charge in [0.1, 0.15) is 17.6 Å². The molecular formula is C21H25NO3. The second-order valence-corrected chi connectivity index (χ2v) is 6.36. The number of methoxy groups -OCH3 is 1. The number of hydrogen-bond acceptors (Lipinski definition) is 3. The number of hydrogen-bond donors (Lipinski definition) is 0. The number of likely N-dealkylation sites (tertiary alicyclic amines) is 1. The fraction of sp³-hybridized carbons (Fsp3) is 0.381. The molecule has 0 spiro atoms. The van der Waals surface area contributed by atoms with E-state index in [2.05, 4.69) is 12.1 Å². The largest absolute Gasteiger partial charge is 0.497 e. The molecule has 1 aliphatic rings. The highest BCUT2D eigenvalue weighted by atomic mass is 16.5. The number of aryl methyl sites for hydroxylation is 1. The second kappa shape index (κ2) is 8.56. The van der Waals surface area contributed by atoms with Crippen molar-refractivity contribution in [1.29, 1.82) is 0 Å². The van der Waals surface area contributed by atoms with Crippen LogP contribution in [0.1, 0.15) is 24.8 Å². The van der Waals surface area contributed by atoms with E-state index < -0.39 is 0 Å². The molecule has 2 aromatic rings. The van der Waals surface area contributed by atoms with Gasteiger partial charge in [0, 0.05) is 32.4 Å². The third kappa shape index (κ3) is 4.99. The molecule has 1 saturated heterocycles. The predicted molar refractivity (Wildman–Crippen MR) is 98.0 cm³/mol. The lowest BCUT2D eigenvalue weighted by Gasteiger charge is -2.32. The van der Waals surface area contributed by atoms with Gasteiger partial charge in [-0.05, 0) is 36.2 Å². The lowest BCUT2D eigenvalue weighted by atomic mass is 10.1. The molecule has 0 radical (unpaired) electrons. The Kier molecular flexibility index (Phi) is 5.94. The fourth-order valence-electron chi connectivity index (χ4n) is 3.12. The minimum absolute atomic E-state index is 0.173. The monoisotopic (exact) mass is 339 g/mol. The SMILES string of the molecule is COc1ccc(OC2CCN(C(=O)CCc3ccccc3)CC2)cc1. The Balaban J connectivity index is 1.42. The second-order valence-electron chi connectivity index (χ2n) is 6.36. The summed E-state index contributed by atoms with van der Waals surface area (Å²) in [5.74, 6) is 1.92. The molecule has 1 aliphatic heterocycles. The molecule has 3 rings (SSSR count). The van der Waals surface area contributed by atoms with Crippen LogP contribution in [0.5, 0.6) is 11.5 Å². The van der Waals surface area contributed by atoms with Gasteiger partial charge in [0.25, 0.3) is 0 Å². The summed E-state index contributed by atoms with van der Waals surface area (Å²) in [7, 11) is 1.65. The number of benzene rings is 2. The van der Waals surface area contributed by atoms with E-state index in [1.807, 2.05) is 47.4 Å². The Morgan fingerprint density at radius 1 is 1.00 bits per heavy atom. The van der Waals surface area contributed by atoms with E-state index in [1.54, 1.807) is 7.11 Å². The molecule has 0 atom stereocenters. The van der Waals surface area contributed by atoms with E-state index >= 15 is 0 Å². The van der Waals surface area contributed by atoms with E-state index in [0.717, 1.165) is 43.9 Å². The summed E-state index contributed by atoms with van der Waals surface area (Å²) in [4.78, 5) is 14.3. The maximum atomic E-state index is 12.4. The van der Waals surface area contributed by atoms with E-state index in [-0.39, 0.29) is 12.0 Å². The quantitative estimate of drug-likeness (QED) is 0.805. The molecule has 1 heterocycles. The first-order valence-electron chi connectivity index (χ1n) is 8.87. The van der Waals surface area contributed by atoms with Crippen molar-refractivity contribution in [3.8, 4) is 11.5 Å². The van der Waals surface area contributed by atoms with Gasteiger partial charge >= 0.3 is 0 Å². The van der Waals surface area contributed by atoms with Gasteiger partial charge in [-0.15, -0.1) is 0 Å². The molecule has 2 aromatic carbocycles. The summed E-state index contributed by atoms with van der Waals surface area (Å²) in [5, 5.41) is 0. The van der Waals surface area contributed by atoms with Crippen molar-refractivity contribution in [1.82, 2.24) is 4.90 Å². The molecule has 0 bridgehead atoms. The van der Waals surface area contributed by atoms with Crippen LogP contribution in [0.2, 0.25) is 0 Å². The summed E-state index contributed by atoms with van der Waals surface area (Å²) in [5.41, 5.74) is 1.22. The van der Waals surface area contributed by atoms with Crippen LogP contribution >= 0.6 is 0 Å². The maximum Gasteiger partial charge on any atom is 0.222 e. The van der Waals surface area contributed by atoms with Gasteiger partial charge in [0.15, 0.2) is 0 Å². The van der Waals surface area contributed by atoms with E-state index in [0.29, 0.717) is 6.42 Å². The first kappa shape index (κ1) is 17.3. The average molecular weight is 339 g/mol. The molecule has 4 heteroatoms. The van der Waals surface area contributed by atoms with Crippen LogP contribution in [-0.2, 0) is 11.2 Å². The summed E-state index contributed by atoms with van der Waals surface area (Å²) < 4.78 is 11.2. The molecule has 1 amide bonds. The van der Waals surface area contributed by atoms with Gasteiger partial charge < -0.3 is 14.4 Å². The summed E-state index contributed by atoms with van der Waals surface area (Å²) >= 11 is 0. The van der Waals surface area contributed by atoms with E-state index in [1.165, 1.54) is 5.56 Å². The number of carbonyl (C=O) groups excluding carboxylic acids is 1. The third-order valence-corrected chi connectivity index (χ3v) is 4.63. The van der Waals surface area contributed by atoms with Crippen LogP contribution in [0.25, 0.3) is 0 Å². The molecule has 0 aliphatic carbocycles. The summed E-state index contributed by atoms with van der Waals surface area (Å²) in [6.45, 7) is 1.54. The van der Waals surface area contributed by atoms with Crippen molar-refractivity contribution in [2.24, 2.45) is 0 Å². The van der Waals surface area contributed by atoms with E-state index in [4.69, 9.17) is 9.47 Å². The van der Waals surface area contributed by atoms with Crippen LogP contribution < -0.4 is 9.47 Å². The molecule has 0 saturated carbocycles. The molecular weight excluding hydrogens is 314 g/mol. The molecule has 4 nitrogen and oxygen atoms in total. The van der Waals surface area contributed by atoms with Crippen molar-refractivity contribution >= 4 is 5.91 Å². The minimum Gasteiger partial charge on any atom is -0.497 e. The van der Waals surface area contributed by atoms with Crippen molar-refractivity contribution in [2.75, 3.05) is 20.2 Å². The Hall–Kier alpha value is -2.49. The number of rotatable bonds is 6. The standard InChI is InChI=1S/C21H25NO3/c1-24-18-8-10-19(11-9-18)25-20-13-15-22(16-14-20)21(23)12-7-17-5-3-2-4-6-17/h2-6,8-11,20H,7,12-16H2,1H3. The Bertz CT molecular complexity index is 661. The van der Waals surface area contributed by atoms with Crippen molar-refractivity contribution in [3.63, 3.8) is 0 Å². The van der Waals surface area contributed by atoms with Crippen LogP contribution in [0.4, 0.5) is 0 Å². The highest BCUT2D eigenvalue weighted by molar-refractivity contribution is 5.76. The Labute approximate surface area is 149 Å². The van der Waals surface area contributed by atoms with E-state index in [9.17, 15) is 4.79 Å². The molecule has 25 heavy (non-hydrogen) atoms. The molecule has 0 aromatic heterocycles. The smallest absolute Gasteiger partial charge is 0.222 e. The number of piperidine rings is 1. The fourth-order valence-corrected chi connectivity index (χ4v) is 3.12. The molecule has 1 fully saturated rings. The first-order valence-corrected chi connectivity index (χ1v) is 8.87. The number of carbonyl (C=O) groups is 1. The highest BCUT2D eigenvalue weighted by Crippen LogP contribution is 2.22. The first-order chi connectivity index (χ1) is 12.2. The lowest BCUT2D eigenvalue weighted by molar-refractivity contribution is -0.132. The number of nitrogens with zero attached hydrogens (tertiary/aromatic N) is 1. The number of ether oxygens (including phenoxy) is 2.